The van der Waals surface area contributed by atoms with E-state index in [4.69, 9.17) is 9.47 Å². The van der Waals surface area contributed by atoms with Gasteiger partial charge in [-0.15, -0.1) is 0 Å². The lowest BCUT2D eigenvalue weighted by atomic mass is 10.0. The van der Waals surface area contributed by atoms with Crippen molar-refractivity contribution >= 4 is 16.7 Å². The first-order valence-corrected chi connectivity index (χ1v) is 16.0. The third kappa shape index (κ3) is 6.06. The summed E-state index contributed by atoms with van der Waals surface area (Å²) in [6.07, 6.45) is 4.38. The molecule has 0 amide bonds. The van der Waals surface area contributed by atoms with Crippen molar-refractivity contribution < 1.29 is 23.8 Å². The van der Waals surface area contributed by atoms with Gasteiger partial charge in [-0.05, 0) is 74.2 Å². The molecule has 0 bridgehead atoms. The first-order chi connectivity index (χ1) is 22.7. The van der Waals surface area contributed by atoms with Gasteiger partial charge in [0.25, 0.3) is 5.56 Å². The number of pyridine rings is 1. The third-order valence-corrected chi connectivity index (χ3v) is 9.54. The van der Waals surface area contributed by atoms with Crippen LogP contribution in [0.15, 0.2) is 83.8 Å². The molecule has 1 spiro atoms. The number of aliphatic hydroxyl groups excluding tert-OH is 1. The molecule has 1 saturated carbocycles. The smallest absolute Gasteiger partial charge is 0.282 e. The van der Waals surface area contributed by atoms with Crippen molar-refractivity contribution in [2.24, 2.45) is 12.5 Å². The molecule has 1 aliphatic heterocycles. The van der Waals surface area contributed by atoms with Crippen molar-refractivity contribution in [1.29, 1.82) is 0 Å². The molecule has 7 rings (SSSR count). The Morgan fingerprint density at radius 3 is 2.62 bits per heavy atom. The van der Waals surface area contributed by atoms with Crippen LogP contribution >= 0.6 is 0 Å². The standard InChI is InChI=1S/C37H37FN4O5/c1-24-35(36(45)42(40(24)2)26-7-4-3-5-8-26)31(43)20-25-9-12-33(29(38)19-25)47-32-13-16-39-30-21-27(10-11-28(30)32)46-18-6-17-41-22-34(44)37(23-41)14-15-37/h3-5,7-13,16,19,21,34,44H,6,14-15,17-18,20,22-23H2,1-2H3. The van der Waals surface area contributed by atoms with Crippen LogP contribution in [0.2, 0.25) is 0 Å². The van der Waals surface area contributed by atoms with E-state index in [-0.39, 0.29) is 35.0 Å². The second-order valence-electron chi connectivity index (χ2n) is 12.7. The Kier molecular flexibility index (Phi) is 8.15. The quantitative estimate of drug-likeness (QED) is 0.149. The number of rotatable bonds is 11. The third-order valence-electron chi connectivity index (χ3n) is 9.54. The normalized spacial score (nSPS) is 17.0. The van der Waals surface area contributed by atoms with Gasteiger partial charge in [0.1, 0.15) is 17.1 Å². The maximum atomic E-state index is 15.3. The van der Waals surface area contributed by atoms with Gasteiger partial charge in [-0.25, -0.2) is 9.07 Å². The van der Waals surface area contributed by atoms with Crippen molar-refractivity contribution in [1.82, 2.24) is 19.2 Å². The predicted molar refractivity (Wildman–Crippen MR) is 176 cm³/mol. The van der Waals surface area contributed by atoms with E-state index in [2.05, 4.69) is 9.88 Å². The average molecular weight is 637 g/mol. The molecular formula is C37H37FN4O5. The van der Waals surface area contributed by atoms with Gasteiger partial charge in [-0.1, -0.05) is 24.3 Å². The summed E-state index contributed by atoms with van der Waals surface area (Å²) < 4.78 is 30.4. The van der Waals surface area contributed by atoms with Crippen LogP contribution in [0.25, 0.3) is 16.6 Å². The molecule has 9 nitrogen and oxygen atoms in total. The van der Waals surface area contributed by atoms with Gasteiger partial charge in [0.2, 0.25) is 0 Å². The fourth-order valence-corrected chi connectivity index (χ4v) is 6.65. The van der Waals surface area contributed by atoms with Gasteiger partial charge in [-0.2, -0.15) is 0 Å². The number of carbonyl (C=O) groups is 1. The number of nitrogens with zero attached hydrogens (tertiary/aromatic N) is 4. The number of halogens is 1. The fraction of sp³-hybridized carbons (Fsp3) is 0.324. The van der Waals surface area contributed by atoms with E-state index < -0.39 is 11.4 Å². The lowest BCUT2D eigenvalue weighted by Gasteiger charge is -2.15. The van der Waals surface area contributed by atoms with Gasteiger partial charge in [0.05, 0.1) is 23.9 Å². The molecule has 1 aliphatic carbocycles. The molecule has 2 fully saturated rings. The summed E-state index contributed by atoms with van der Waals surface area (Å²) in [4.78, 5) is 33.3. The average Bonchev–Trinajstić information content (AvgIpc) is 3.72. The highest BCUT2D eigenvalue weighted by Gasteiger charge is 2.54. The number of para-hydroxylation sites is 1. The minimum absolute atomic E-state index is 0.0105. The predicted octanol–water partition coefficient (Wildman–Crippen LogP) is 5.62. The van der Waals surface area contributed by atoms with Crippen molar-refractivity contribution in [3.63, 3.8) is 0 Å². The number of hydrogen-bond acceptors (Lipinski definition) is 7. The zero-order valence-corrected chi connectivity index (χ0v) is 26.5. The van der Waals surface area contributed by atoms with Crippen LogP contribution < -0.4 is 15.0 Å². The van der Waals surface area contributed by atoms with Crippen LogP contribution in [0.5, 0.6) is 17.2 Å². The molecule has 1 N–H and O–H groups in total. The Bertz CT molecular complexity index is 2020. The topological polar surface area (TPSA) is 98.8 Å². The lowest BCUT2D eigenvalue weighted by Crippen LogP contribution is -2.24. The highest BCUT2D eigenvalue weighted by atomic mass is 19.1. The van der Waals surface area contributed by atoms with Crippen LogP contribution in [-0.2, 0) is 13.5 Å². The van der Waals surface area contributed by atoms with Gasteiger partial charge >= 0.3 is 0 Å². The number of likely N-dealkylation sites (tertiary alicyclic amines) is 1. The summed E-state index contributed by atoms with van der Waals surface area (Å²) in [6, 6.07) is 20.7. The van der Waals surface area contributed by atoms with Crippen LogP contribution in [-0.4, -0.2) is 62.5 Å². The molecule has 3 aromatic carbocycles. The number of carbonyl (C=O) groups excluding carboxylic acids is 1. The molecule has 0 radical (unpaired) electrons. The Labute approximate surface area is 271 Å². The van der Waals surface area contributed by atoms with E-state index in [0.717, 1.165) is 38.9 Å². The zero-order chi connectivity index (χ0) is 32.7. The first-order valence-electron chi connectivity index (χ1n) is 16.0. The van der Waals surface area contributed by atoms with Gasteiger partial charge < -0.3 is 14.6 Å². The molecule has 10 heteroatoms. The molecule has 1 unspecified atom stereocenters. The first kappa shape index (κ1) is 30.8. The Morgan fingerprint density at radius 2 is 1.87 bits per heavy atom. The fourth-order valence-electron chi connectivity index (χ4n) is 6.65. The number of β-amino-alcohol motifs (C(OH)–C–C–N with tert-alkyl or cyclic N) is 1. The van der Waals surface area contributed by atoms with Crippen LogP contribution in [0, 0.1) is 18.2 Å². The zero-order valence-electron chi connectivity index (χ0n) is 26.5. The number of benzene rings is 3. The number of aromatic nitrogens is 3. The van der Waals surface area contributed by atoms with Gasteiger partial charge in [0, 0.05) is 61.9 Å². The van der Waals surface area contributed by atoms with E-state index in [1.54, 1.807) is 49.1 Å². The number of fused-ring (bicyclic) bond motifs is 1. The maximum Gasteiger partial charge on any atom is 0.282 e. The summed E-state index contributed by atoms with van der Waals surface area (Å²) in [5, 5.41) is 11.0. The number of ether oxygens (including phenoxy) is 2. The monoisotopic (exact) mass is 636 g/mol. The molecule has 1 saturated heterocycles. The van der Waals surface area contributed by atoms with Crippen molar-refractivity contribution in [3.05, 3.63) is 112 Å². The highest BCUT2D eigenvalue weighted by molar-refractivity contribution is 5.98. The van der Waals surface area contributed by atoms with Crippen molar-refractivity contribution in [3.8, 4) is 22.9 Å². The number of ketones is 1. The van der Waals surface area contributed by atoms with Crippen molar-refractivity contribution in [2.45, 2.75) is 38.7 Å². The summed E-state index contributed by atoms with van der Waals surface area (Å²) in [5.41, 5.74) is 2.12. The summed E-state index contributed by atoms with van der Waals surface area (Å²) >= 11 is 0. The minimum Gasteiger partial charge on any atom is -0.493 e. The lowest BCUT2D eigenvalue weighted by molar-refractivity contribution is 0.0991. The molecule has 5 aromatic rings. The van der Waals surface area contributed by atoms with Crippen LogP contribution in [0.1, 0.15) is 40.9 Å². The molecule has 1 atom stereocenters. The van der Waals surface area contributed by atoms with Crippen molar-refractivity contribution in [2.75, 3.05) is 26.2 Å². The molecule has 47 heavy (non-hydrogen) atoms. The second kappa shape index (κ2) is 12.4. The van der Waals surface area contributed by atoms with E-state index in [0.29, 0.717) is 46.0 Å². The minimum atomic E-state index is -0.621. The summed E-state index contributed by atoms with van der Waals surface area (Å²) in [7, 11) is 1.73. The Morgan fingerprint density at radius 1 is 1.06 bits per heavy atom. The highest BCUT2D eigenvalue weighted by Crippen LogP contribution is 2.52. The SMILES string of the molecule is Cc1c(C(=O)Cc2ccc(Oc3ccnc4cc(OCCCN5CC(O)C6(CC6)C5)ccc34)c(F)c2)c(=O)n(-c2ccccc2)n1C. The van der Waals surface area contributed by atoms with E-state index in [1.165, 1.54) is 16.8 Å². The molecule has 242 valence electrons. The number of Topliss-reactive ketones (excluding diaryl/α,β-unsaturated/α-hetero) is 1. The van der Waals surface area contributed by atoms with E-state index in [9.17, 15) is 14.7 Å². The Hall–Kier alpha value is -4.80. The number of aliphatic hydroxyl groups is 1. The van der Waals surface area contributed by atoms with Gasteiger partial charge in [0.15, 0.2) is 17.3 Å². The number of hydrogen-bond donors (Lipinski definition) is 1. The second-order valence-corrected chi connectivity index (χ2v) is 12.7. The molecule has 2 aliphatic rings. The van der Waals surface area contributed by atoms with Crippen LogP contribution in [0.3, 0.4) is 0 Å². The maximum absolute atomic E-state index is 15.3. The molecule has 3 heterocycles. The molecular weight excluding hydrogens is 599 g/mol. The Balaban J connectivity index is 0.995. The molecule has 2 aromatic heterocycles. The summed E-state index contributed by atoms with van der Waals surface area (Å²) in [5.74, 6) is 0.130. The van der Waals surface area contributed by atoms with Crippen LogP contribution in [0.4, 0.5) is 4.39 Å². The van der Waals surface area contributed by atoms with Gasteiger partial charge in [-0.3, -0.25) is 24.2 Å². The van der Waals surface area contributed by atoms with E-state index in [1.807, 2.05) is 36.4 Å². The van der Waals surface area contributed by atoms with E-state index >= 15 is 4.39 Å². The largest absolute Gasteiger partial charge is 0.493 e. The summed E-state index contributed by atoms with van der Waals surface area (Å²) in [6.45, 7) is 4.89.